The lowest BCUT2D eigenvalue weighted by molar-refractivity contribution is 1.03. The average Bonchev–Trinajstić information content (AvgIpc) is 2.67. The Hall–Kier alpha value is -4.62. The van der Waals surface area contributed by atoms with Gasteiger partial charge in [0.1, 0.15) is 35.4 Å². The van der Waals surface area contributed by atoms with Crippen LogP contribution in [0.2, 0.25) is 0 Å². The topological polar surface area (TPSA) is 143 Å². The lowest BCUT2D eigenvalue weighted by atomic mass is 9.88. The molecule has 2 unspecified atom stereocenters. The number of allylic oxidation sites excluding steroid dienone is 2. The standard InChI is InChI=1S/C20H10N6/c1-3-13(7-21)17-5-20(16(11-25)12-26)18(14(4-2)8-22)6-19(17)15(9-23)10-24/h3-6,13-14H,1-2H2. The van der Waals surface area contributed by atoms with E-state index >= 15 is 0 Å². The van der Waals surface area contributed by atoms with Crippen molar-refractivity contribution in [1.82, 2.24) is 0 Å². The minimum absolute atomic E-state index is 0.150. The van der Waals surface area contributed by atoms with Crippen molar-refractivity contribution in [3.8, 4) is 36.4 Å². The van der Waals surface area contributed by atoms with E-state index in [1.807, 2.05) is 12.1 Å². The van der Waals surface area contributed by atoms with Gasteiger partial charge >= 0.3 is 0 Å². The molecule has 6 nitrogen and oxygen atoms in total. The van der Waals surface area contributed by atoms with E-state index in [4.69, 9.17) is 0 Å². The van der Waals surface area contributed by atoms with Gasteiger partial charge in [0.25, 0.3) is 0 Å². The summed E-state index contributed by atoms with van der Waals surface area (Å²) in [5.41, 5.74) is -0.0107. The highest BCUT2D eigenvalue weighted by Gasteiger charge is 2.18. The van der Waals surface area contributed by atoms with E-state index in [2.05, 4.69) is 13.2 Å². The minimum Gasteiger partial charge on any atom is -0.197 e. The summed E-state index contributed by atoms with van der Waals surface area (Å²) in [6.45, 7) is 7.12. The Balaban J connectivity index is 4.42. The van der Waals surface area contributed by atoms with Gasteiger partial charge in [0, 0.05) is 10.4 Å². The van der Waals surface area contributed by atoms with Crippen LogP contribution in [0.5, 0.6) is 0 Å². The first-order valence-electron chi connectivity index (χ1n) is 7.13. The number of nitriles is 6. The van der Waals surface area contributed by atoms with E-state index in [-0.39, 0.29) is 32.7 Å². The van der Waals surface area contributed by atoms with Gasteiger partial charge in [-0.3, -0.25) is 0 Å². The Labute approximate surface area is 150 Å². The second-order valence-corrected chi connectivity index (χ2v) is 4.91. The van der Waals surface area contributed by atoms with E-state index in [1.54, 1.807) is 24.3 Å². The molecular weight excluding hydrogens is 324 g/mol. The van der Waals surface area contributed by atoms with Crippen LogP contribution < -0.4 is 10.4 Å². The van der Waals surface area contributed by atoms with Crippen LogP contribution in [0.3, 0.4) is 0 Å². The normalized spacial score (nSPS) is 10.8. The van der Waals surface area contributed by atoms with Crippen LogP contribution in [-0.4, -0.2) is 0 Å². The fourth-order valence-corrected chi connectivity index (χ4v) is 2.37. The third-order valence-electron chi connectivity index (χ3n) is 3.63. The van der Waals surface area contributed by atoms with Gasteiger partial charge in [-0.25, -0.2) is 0 Å². The van der Waals surface area contributed by atoms with Crippen LogP contribution in [-0.2, 0) is 0 Å². The van der Waals surface area contributed by atoms with Crippen molar-refractivity contribution in [2.75, 3.05) is 0 Å². The van der Waals surface area contributed by atoms with Crippen molar-refractivity contribution >= 4 is 11.1 Å². The molecule has 0 fully saturated rings. The average molecular weight is 334 g/mol. The molecule has 1 rings (SSSR count). The molecule has 0 bridgehead atoms. The van der Waals surface area contributed by atoms with Crippen LogP contribution in [0.4, 0.5) is 0 Å². The molecule has 0 aliphatic rings. The molecule has 26 heavy (non-hydrogen) atoms. The van der Waals surface area contributed by atoms with Crippen LogP contribution >= 0.6 is 0 Å². The largest absolute Gasteiger partial charge is 0.197 e. The molecule has 0 aliphatic heterocycles. The minimum atomic E-state index is -0.877. The van der Waals surface area contributed by atoms with Crippen LogP contribution in [0.1, 0.15) is 23.0 Å². The maximum absolute atomic E-state index is 9.34. The Morgan fingerprint density at radius 2 is 1.00 bits per heavy atom. The van der Waals surface area contributed by atoms with Gasteiger partial charge in [0.2, 0.25) is 0 Å². The first kappa shape index (κ1) is 19.4. The molecule has 6 heteroatoms. The summed E-state index contributed by atoms with van der Waals surface area (Å²) in [4.78, 5) is 0. The summed E-state index contributed by atoms with van der Waals surface area (Å²) >= 11 is 0. The van der Waals surface area contributed by atoms with Gasteiger partial charge in [-0.15, -0.1) is 13.2 Å². The van der Waals surface area contributed by atoms with E-state index < -0.39 is 11.8 Å². The third kappa shape index (κ3) is 3.48. The zero-order valence-corrected chi connectivity index (χ0v) is 13.6. The molecule has 0 heterocycles. The SMILES string of the molecule is C=CC(C#N)c1cc(=C(C#N)C#N)c(C(C#N)C=C)cc1=C(C#N)C#N. The molecule has 1 aromatic carbocycles. The molecule has 1 aromatic rings. The Morgan fingerprint density at radius 1 is 0.692 bits per heavy atom. The molecule has 0 saturated heterocycles. The molecule has 0 aliphatic carbocycles. The molecule has 0 aromatic heterocycles. The second-order valence-electron chi connectivity index (χ2n) is 4.91. The lowest BCUT2D eigenvalue weighted by Gasteiger charge is -2.12. The van der Waals surface area contributed by atoms with Crippen LogP contribution in [0.25, 0.3) is 11.1 Å². The highest BCUT2D eigenvalue weighted by atomic mass is 14.3. The fourth-order valence-electron chi connectivity index (χ4n) is 2.37. The van der Waals surface area contributed by atoms with Crippen LogP contribution in [0.15, 0.2) is 37.4 Å². The predicted octanol–water partition coefficient (Wildman–Crippen LogP) is 1.67. The van der Waals surface area contributed by atoms with E-state index in [0.29, 0.717) is 0 Å². The molecule has 0 saturated carbocycles. The maximum Gasteiger partial charge on any atom is 0.137 e. The van der Waals surface area contributed by atoms with Gasteiger partial charge in [-0.05, 0) is 23.3 Å². The molecule has 0 N–H and O–H groups in total. The van der Waals surface area contributed by atoms with E-state index in [0.717, 1.165) is 0 Å². The molecular formula is C20H10N6. The summed E-state index contributed by atoms with van der Waals surface area (Å²) in [7, 11) is 0. The molecule has 120 valence electrons. The highest BCUT2D eigenvalue weighted by molar-refractivity contribution is 5.76. The molecule has 2 atom stereocenters. The number of rotatable bonds is 4. The monoisotopic (exact) mass is 334 g/mol. The van der Waals surface area contributed by atoms with Gasteiger partial charge < -0.3 is 0 Å². The first-order chi connectivity index (χ1) is 12.6. The van der Waals surface area contributed by atoms with E-state index in [1.165, 1.54) is 24.3 Å². The van der Waals surface area contributed by atoms with Crippen LogP contribution in [0, 0.1) is 68.0 Å². The van der Waals surface area contributed by atoms with Gasteiger partial charge in [0.05, 0.1) is 24.0 Å². The number of benzene rings is 1. The molecule has 0 radical (unpaired) electrons. The quantitative estimate of drug-likeness (QED) is 0.766. The summed E-state index contributed by atoms with van der Waals surface area (Å²) in [5.74, 6) is -1.75. The number of hydrogen-bond acceptors (Lipinski definition) is 6. The Bertz CT molecular complexity index is 1020. The summed E-state index contributed by atoms with van der Waals surface area (Å²) in [6.07, 6.45) is 2.64. The van der Waals surface area contributed by atoms with Crippen molar-refractivity contribution in [3.63, 3.8) is 0 Å². The summed E-state index contributed by atoms with van der Waals surface area (Å²) in [6, 6.07) is 13.7. The lowest BCUT2D eigenvalue weighted by Crippen LogP contribution is -2.25. The maximum atomic E-state index is 9.34. The predicted molar refractivity (Wildman–Crippen MR) is 92.1 cm³/mol. The Kier molecular flexibility index (Phi) is 6.63. The van der Waals surface area contributed by atoms with Crippen molar-refractivity contribution in [1.29, 1.82) is 31.6 Å². The molecule has 0 amide bonds. The Morgan fingerprint density at radius 3 is 1.19 bits per heavy atom. The molecule has 0 spiro atoms. The zero-order valence-electron chi connectivity index (χ0n) is 13.6. The number of hydrogen-bond donors (Lipinski definition) is 0. The summed E-state index contributed by atoms with van der Waals surface area (Å²) < 4.78 is 0. The third-order valence-corrected chi connectivity index (χ3v) is 3.63. The smallest absolute Gasteiger partial charge is 0.137 e. The number of nitrogens with zero attached hydrogens (tertiary/aromatic N) is 6. The first-order valence-corrected chi connectivity index (χ1v) is 7.13. The summed E-state index contributed by atoms with van der Waals surface area (Å²) in [5, 5.41) is 55.9. The van der Waals surface area contributed by atoms with Crippen molar-refractivity contribution < 1.29 is 0 Å². The second kappa shape index (κ2) is 8.87. The zero-order chi connectivity index (χ0) is 19.7. The van der Waals surface area contributed by atoms with E-state index in [9.17, 15) is 31.6 Å². The van der Waals surface area contributed by atoms with Crippen molar-refractivity contribution in [3.05, 3.63) is 59.0 Å². The fraction of sp³-hybridized carbons (Fsp3) is 0.100. The highest BCUT2D eigenvalue weighted by Crippen LogP contribution is 2.17. The van der Waals surface area contributed by atoms with Gasteiger partial charge in [0.15, 0.2) is 0 Å². The van der Waals surface area contributed by atoms with Gasteiger partial charge in [-0.2, -0.15) is 31.6 Å². The van der Waals surface area contributed by atoms with Gasteiger partial charge in [-0.1, -0.05) is 12.2 Å². The van der Waals surface area contributed by atoms with Crippen molar-refractivity contribution in [2.45, 2.75) is 11.8 Å². The van der Waals surface area contributed by atoms with Crippen molar-refractivity contribution in [2.24, 2.45) is 0 Å².